The van der Waals surface area contributed by atoms with Crippen molar-refractivity contribution < 1.29 is 14.6 Å². The van der Waals surface area contributed by atoms with E-state index in [4.69, 9.17) is 0 Å². The number of quaternary nitrogens is 1. The first-order chi connectivity index (χ1) is 12.8. The van der Waals surface area contributed by atoms with Crippen molar-refractivity contribution in [3.8, 4) is 0 Å². The Hall–Kier alpha value is -2.93. The molecule has 0 aliphatic carbocycles. The first-order valence-electron chi connectivity index (χ1n) is 8.95. The van der Waals surface area contributed by atoms with Crippen LogP contribution in [0.3, 0.4) is 0 Å². The third kappa shape index (κ3) is 5.79. The normalized spacial score (nSPS) is 11.7. The molecule has 0 saturated heterocycles. The van der Waals surface area contributed by atoms with Gasteiger partial charge in [0.1, 0.15) is 6.54 Å². The zero-order valence-electron chi connectivity index (χ0n) is 16.3. The SMILES string of the molecule is CC[NH+](CC(=O)Nc1ccc([N+](=O)[O-])cc1C)Cc1ccc(N(C)C)cc1. The predicted molar refractivity (Wildman–Crippen MR) is 107 cm³/mol. The maximum absolute atomic E-state index is 12.4. The van der Waals surface area contributed by atoms with Gasteiger partial charge in [0.05, 0.1) is 11.5 Å². The number of aryl methyl sites for hydroxylation is 1. The number of hydrogen-bond acceptors (Lipinski definition) is 4. The number of nitrogens with zero attached hydrogens (tertiary/aromatic N) is 2. The van der Waals surface area contributed by atoms with Gasteiger partial charge in [-0.1, -0.05) is 12.1 Å². The molecule has 1 atom stereocenters. The standard InChI is InChI=1S/C20H26N4O3/c1-5-23(13-16-6-8-17(9-7-16)22(3)4)14-20(25)21-19-11-10-18(24(26)27)12-15(19)2/h6-12H,5,13-14H2,1-4H3,(H,21,25)/p+1. The minimum Gasteiger partial charge on any atom is -0.378 e. The quantitative estimate of drug-likeness (QED) is 0.550. The number of amides is 1. The van der Waals surface area contributed by atoms with Gasteiger partial charge in [0.25, 0.3) is 11.6 Å². The van der Waals surface area contributed by atoms with E-state index in [0.717, 1.165) is 23.7 Å². The van der Waals surface area contributed by atoms with Gasteiger partial charge in [0, 0.05) is 43.2 Å². The number of anilines is 2. The van der Waals surface area contributed by atoms with Crippen LogP contribution < -0.4 is 15.1 Å². The zero-order chi connectivity index (χ0) is 20.0. The lowest BCUT2D eigenvalue weighted by Crippen LogP contribution is -3.11. The highest BCUT2D eigenvalue weighted by molar-refractivity contribution is 5.92. The molecule has 0 aliphatic rings. The molecule has 7 heteroatoms. The molecule has 2 aromatic rings. The van der Waals surface area contributed by atoms with E-state index in [9.17, 15) is 14.9 Å². The minimum atomic E-state index is -0.441. The minimum absolute atomic E-state index is 0.0208. The number of carbonyl (C=O) groups excluding carboxylic acids is 1. The summed E-state index contributed by atoms with van der Waals surface area (Å²) in [5, 5.41) is 13.7. The van der Waals surface area contributed by atoms with E-state index in [1.165, 1.54) is 17.7 Å². The molecule has 2 N–H and O–H groups in total. The molecule has 0 fully saturated rings. The molecule has 2 rings (SSSR count). The maximum atomic E-state index is 12.4. The average Bonchev–Trinajstić information content (AvgIpc) is 2.63. The Balaban J connectivity index is 1.97. The monoisotopic (exact) mass is 371 g/mol. The van der Waals surface area contributed by atoms with Gasteiger partial charge in [-0.3, -0.25) is 14.9 Å². The number of benzene rings is 2. The Bertz CT molecular complexity index is 803. The topological polar surface area (TPSA) is 79.9 Å². The van der Waals surface area contributed by atoms with E-state index in [0.29, 0.717) is 17.8 Å². The number of nitro benzene ring substituents is 1. The molecule has 144 valence electrons. The lowest BCUT2D eigenvalue weighted by atomic mass is 10.1. The Kier molecular flexibility index (Phi) is 6.90. The molecule has 1 unspecified atom stereocenters. The summed E-state index contributed by atoms with van der Waals surface area (Å²) in [6.45, 7) is 5.72. The summed E-state index contributed by atoms with van der Waals surface area (Å²) < 4.78 is 0. The summed E-state index contributed by atoms with van der Waals surface area (Å²) in [6, 6.07) is 12.8. The molecule has 0 bridgehead atoms. The van der Waals surface area contributed by atoms with Crippen LogP contribution in [-0.4, -0.2) is 38.0 Å². The van der Waals surface area contributed by atoms with Crippen molar-refractivity contribution in [2.75, 3.05) is 37.4 Å². The van der Waals surface area contributed by atoms with Crippen molar-refractivity contribution in [2.24, 2.45) is 0 Å². The summed E-state index contributed by atoms with van der Waals surface area (Å²) in [5.74, 6) is -0.103. The second kappa shape index (κ2) is 9.14. The van der Waals surface area contributed by atoms with Gasteiger partial charge in [-0.05, 0) is 37.6 Å². The van der Waals surface area contributed by atoms with Crippen molar-refractivity contribution in [3.05, 3.63) is 63.7 Å². The number of carbonyl (C=O) groups is 1. The molecule has 2 aromatic carbocycles. The zero-order valence-corrected chi connectivity index (χ0v) is 16.3. The fraction of sp³-hybridized carbons (Fsp3) is 0.350. The van der Waals surface area contributed by atoms with Gasteiger partial charge >= 0.3 is 0 Å². The molecule has 27 heavy (non-hydrogen) atoms. The lowest BCUT2D eigenvalue weighted by Gasteiger charge is -2.18. The first kappa shape index (κ1) is 20.4. The summed E-state index contributed by atoms with van der Waals surface area (Å²) in [6.07, 6.45) is 0. The Labute approximate surface area is 159 Å². The van der Waals surface area contributed by atoms with E-state index >= 15 is 0 Å². The molecule has 0 spiro atoms. The Morgan fingerprint density at radius 2 is 1.85 bits per heavy atom. The second-order valence-electron chi connectivity index (χ2n) is 6.82. The predicted octanol–water partition coefficient (Wildman–Crippen LogP) is 2.01. The third-order valence-electron chi connectivity index (χ3n) is 4.51. The molecular weight excluding hydrogens is 344 g/mol. The van der Waals surface area contributed by atoms with Crippen molar-refractivity contribution in [1.29, 1.82) is 0 Å². The van der Waals surface area contributed by atoms with Crippen molar-refractivity contribution >= 4 is 23.0 Å². The number of non-ortho nitro benzene ring substituents is 1. The van der Waals surface area contributed by atoms with E-state index in [-0.39, 0.29) is 11.6 Å². The number of nitrogens with one attached hydrogen (secondary N) is 2. The number of nitro groups is 1. The molecule has 0 saturated carbocycles. The second-order valence-corrected chi connectivity index (χ2v) is 6.82. The fourth-order valence-corrected chi connectivity index (χ4v) is 2.84. The van der Waals surface area contributed by atoms with Gasteiger partial charge < -0.3 is 15.1 Å². The van der Waals surface area contributed by atoms with Crippen LogP contribution in [0.4, 0.5) is 17.1 Å². The van der Waals surface area contributed by atoms with Crippen LogP contribution in [0.25, 0.3) is 0 Å². The fourth-order valence-electron chi connectivity index (χ4n) is 2.84. The van der Waals surface area contributed by atoms with Gasteiger partial charge in [0.15, 0.2) is 6.54 Å². The van der Waals surface area contributed by atoms with Crippen LogP contribution in [0.1, 0.15) is 18.1 Å². The van der Waals surface area contributed by atoms with E-state index in [1.807, 2.05) is 25.9 Å². The summed E-state index contributed by atoms with van der Waals surface area (Å²) in [5.41, 5.74) is 3.62. The maximum Gasteiger partial charge on any atom is 0.279 e. The molecular formula is C20H27N4O3+. The van der Waals surface area contributed by atoms with Crippen molar-refractivity contribution in [2.45, 2.75) is 20.4 Å². The smallest absolute Gasteiger partial charge is 0.279 e. The lowest BCUT2D eigenvalue weighted by molar-refractivity contribution is -0.903. The number of hydrogen-bond donors (Lipinski definition) is 2. The molecule has 0 aromatic heterocycles. The van der Waals surface area contributed by atoms with E-state index in [2.05, 4.69) is 29.6 Å². The Morgan fingerprint density at radius 3 is 2.37 bits per heavy atom. The van der Waals surface area contributed by atoms with Gasteiger partial charge in [-0.2, -0.15) is 0 Å². The molecule has 0 aliphatic heterocycles. The third-order valence-corrected chi connectivity index (χ3v) is 4.51. The molecule has 0 heterocycles. The number of rotatable bonds is 8. The highest BCUT2D eigenvalue weighted by Crippen LogP contribution is 2.20. The van der Waals surface area contributed by atoms with E-state index < -0.39 is 4.92 Å². The van der Waals surface area contributed by atoms with Crippen LogP contribution in [-0.2, 0) is 11.3 Å². The summed E-state index contributed by atoms with van der Waals surface area (Å²) >= 11 is 0. The highest BCUT2D eigenvalue weighted by Gasteiger charge is 2.15. The van der Waals surface area contributed by atoms with Crippen LogP contribution in [0.15, 0.2) is 42.5 Å². The van der Waals surface area contributed by atoms with E-state index in [1.54, 1.807) is 13.0 Å². The van der Waals surface area contributed by atoms with Gasteiger partial charge in [0.2, 0.25) is 0 Å². The molecule has 0 radical (unpaired) electrons. The summed E-state index contributed by atoms with van der Waals surface area (Å²) in [7, 11) is 4.01. The Morgan fingerprint density at radius 1 is 1.19 bits per heavy atom. The molecule has 1 amide bonds. The van der Waals surface area contributed by atoms with Gasteiger partial charge in [-0.25, -0.2) is 0 Å². The van der Waals surface area contributed by atoms with Crippen LogP contribution in [0.2, 0.25) is 0 Å². The number of likely N-dealkylation sites (N-methyl/N-ethyl adjacent to an activating group) is 1. The largest absolute Gasteiger partial charge is 0.378 e. The van der Waals surface area contributed by atoms with Gasteiger partial charge in [-0.15, -0.1) is 0 Å². The van der Waals surface area contributed by atoms with Crippen LogP contribution in [0, 0.1) is 17.0 Å². The molecule has 7 nitrogen and oxygen atoms in total. The highest BCUT2D eigenvalue weighted by atomic mass is 16.6. The average molecular weight is 371 g/mol. The van der Waals surface area contributed by atoms with Crippen molar-refractivity contribution in [1.82, 2.24) is 0 Å². The van der Waals surface area contributed by atoms with Crippen LogP contribution in [0.5, 0.6) is 0 Å². The van der Waals surface area contributed by atoms with Crippen molar-refractivity contribution in [3.63, 3.8) is 0 Å². The first-order valence-corrected chi connectivity index (χ1v) is 8.95. The van der Waals surface area contributed by atoms with Crippen LogP contribution >= 0.6 is 0 Å². The summed E-state index contributed by atoms with van der Waals surface area (Å²) in [4.78, 5) is 26.0.